The van der Waals surface area contributed by atoms with Crippen LogP contribution in [0, 0.1) is 28.1 Å². The Morgan fingerprint density at radius 2 is 1.24 bits per heavy atom. The van der Waals surface area contributed by atoms with E-state index in [4.69, 9.17) is 23.7 Å². The number of carbonyl (C=O) groups excluding carboxylic acids is 1. The van der Waals surface area contributed by atoms with Gasteiger partial charge in [0, 0.05) is 11.0 Å². The fourth-order valence-corrected chi connectivity index (χ4v) is 6.50. The van der Waals surface area contributed by atoms with Crippen molar-refractivity contribution in [1.29, 1.82) is 5.26 Å². The van der Waals surface area contributed by atoms with Crippen LogP contribution in [0.25, 0.3) is 0 Å². The zero-order valence-electron chi connectivity index (χ0n) is 32.4. The highest BCUT2D eigenvalue weighted by Crippen LogP contribution is 2.68. The van der Waals surface area contributed by atoms with E-state index in [1.54, 1.807) is 24.3 Å². The molecule has 6 rings (SSSR count). The van der Waals surface area contributed by atoms with E-state index < -0.39 is 6.10 Å². The summed E-state index contributed by atoms with van der Waals surface area (Å²) in [6, 6.07) is 44.7. The fraction of sp³-hybridized carbons (Fsp3) is 0.319. The summed E-state index contributed by atoms with van der Waals surface area (Å²) in [4.78, 5) is 12.6. The van der Waals surface area contributed by atoms with Crippen molar-refractivity contribution in [2.24, 2.45) is 16.7 Å². The van der Waals surface area contributed by atoms with Crippen molar-refractivity contribution in [3.63, 3.8) is 0 Å². The molecular weight excluding hydrogens is 675 g/mol. The molecule has 54 heavy (non-hydrogen) atoms. The van der Waals surface area contributed by atoms with Gasteiger partial charge < -0.3 is 23.7 Å². The van der Waals surface area contributed by atoms with Crippen molar-refractivity contribution in [3.8, 4) is 34.8 Å². The maximum Gasteiger partial charge on any atom is 0.311 e. The van der Waals surface area contributed by atoms with Gasteiger partial charge in [-0.05, 0) is 89.5 Å². The average molecular weight is 726 g/mol. The van der Waals surface area contributed by atoms with Crippen LogP contribution in [-0.4, -0.2) is 19.2 Å². The molecular formula is C47H51NO6. The molecule has 1 fully saturated rings. The van der Waals surface area contributed by atoms with Crippen LogP contribution >= 0.6 is 0 Å². The summed E-state index contributed by atoms with van der Waals surface area (Å²) in [6.45, 7) is 16.4. The minimum absolute atomic E-state index is 0.0805. The number of nitriles is 1. The van der Waals surface area contributed by atoms with E-state index >= 15 is 0 Å². The molecule has 0 aliphatic heterocycles. The predicted octanol–water partition coefficient (Wildman–Crippen LogP) is 11.6. The zero-order valence-corrected chi connectivity index (χ0v) is 32.4. The van der Waals surface area contributed by atoms with Crippen molar-refractivity contribution in [2.75, 3.05) is 13.2 Å². The Bertz CT molecular complexity index is 1980. The first-order chi connectivity index (χ1) is 25.8. The Hall–Kier alpha value is -5.58. The van der Waals surface area contributed by atoms with Gasteiger partial charge >= 0.3 is 5.97 Å². The predicted molar refractivity (Wildman–Crippen MR) is 212 cm³/mol. The molecule has 0 spiro atoms. The molecule has 0 N–H and O–H groups in total. The number of hydrogen-bond acceptors (Lipinski definition) is 7. The molecule has 5 aromatic carbocycles. The van der Waals surface area contributed by atoms with Crippen LogP contribution in [0.3, 0.4) is 0 Å². The van der Waals surface area contributed by atoms with Crippen LogP contribution in [0.15, 0.2) is 133 Å². The quantitative estimate of drug-likeness (QED) is 0.105. The van der Waals surface area contributed by atoms with Crippen LogP contribution in [0.2, 0.25) is 0 Å². The Morgan fingerprint density at radius 3 is 1.78 bits per heavy atom. The Labute approximate surface area is 320 Å². The molecule has 1 saturated carbocycles. The molecule has 1 unspecified atom stereocenters. The molecule has 0 bridgehead atoms. The van der Waals surface area contributed by atoms with Gasteiger partial charge in [-0.3, -0.25) is 4.79 Å². The Balaban J connectivity index is 0.000000208. The van der Waals surface area contributed by atoms with Crippen molar-refractivity contribution in [2.45, 2.75) is 66.6 Å². The highest BCUT2D eigenvalue weighted by Gasteiger charge is 2.69. The monoisotopic (exact) mass is 725 g/mol. The maximum absolute atomic E-state index is 12.6. The molecule has 0 aromatic heterocycles. The summed E-state index contributed by atoms with van der Waals surface area (Å²) in [5, 5.41) is 9.50. The van der Waals surface area contributed by atoms with Crippen LogP contribution < -0.4 is 14.2 Å². The molecule has 280 valence electrons. The first kappa shape index (κ1) is 39.6. The lowest BCUT2D eigenvalue weighted by Gasteiger charge is -2.25. The van der Waals surface area contributed by atoms with Gasteiger partial charge in [-0.1, -0.05) is 114 Å². The van der Waals surface area contributed by atoms with Gasteiger partial charge in [0.2, 0.25) is 6.10 Å². The third-order valence-corrected chi connectivity index (χ3v) is 10.3. The normalized spacial score (nSPS) is 14.7. The van der Waals surface area contributed by atoms with Gasteiger partial charge in [-0.15, -0.1) is 0 Å². The molecule has 1 aliphatic carbocycles. The second-order valence-corrected chi connectivity index (χ2v) is 15.2. The lowest BCUT2D eigenvalue weighted by molar-refractivity contribution is -0.150. The van der Waals surface area contributed by atoms with Crippen molar-refractivity contribution < 1.29 is 28.5 Å². The van der Waals surface area contributed by atoms with Crippen LogP contribution in [0.4, 0.5) is 0 Å². The summed E-state index contributed by atoms with van der Waals surface area (Å²) in [5.41, 5.74) is 2.60. The molecule has 1 atom stereocenters. The minimum Gasteiger partial charge on any atom is -0.494 e. The second kappa shape index (κ2) is 17.5. The smallest absolute Gasteiger partial charge is 0.311 e. The minimum atomic E-state index is -0.950. The number of hydrogen-bond donors (Lipinski definition) is 0. The van der Waals surface area contributed by atoms with E-state index in [9.17, 15) is 10.1 Å². The molecule has 7 heteroatoms. The highest BCUT2D eigenvalue weighted by molar-refractivity contribution is 5.79. The standard InChI is InChI=1S/C25H28O3.C22H23NO3/c1-4-27-22-15-13-21(14-16-22)25(2,3)19-26-18-20-9-8-12-24(17-20)28-23-10-6-5-7-11-23;1-21(2)19(22(21,3)4)20(24)26-18(14-23)15-9-8-12-17(13-15)25-16-10-6-5-7-11-16/h5-17H,4,18-19H2,1-3H3;5-13,18-19H,1-4H3. The topological polar surface area (TPSA) is 87.0 Å². The van der Waals surface area contributed by atoms with Gasteiger partial charge in [-0.25, -0.2) is 0 Å². The molecule has 7 nitrogen and oxygen atoms in total. The highest BCUT2D eigenvalue weighted by atomic mass is 16.5. The van der Waals surface area contributed by atoms with Crippen LogP contribution in [0.1, 0.15) is 71.3 Å². The van der Waals surface area contributed by atoms with Gasteiger partial charge in [0.25, 0.3) is 0 Å². The number of ether oxygens (including phenoxy) is 5. The number of nitrogens with zero attached hydrogens (tertiary/aromatic N) is 1. The van der Waals surface area contributed by atoms with Gasteiger partial charge in [-0.2, -0.15) is 5.26 Å². The summed E-state index contributed by atoms with van der Waals surface area (Å²) < 4.78 is 28.8. The lowest BCUT2D eigenvalue weighted by atomic mass is 9.85. The SMILES string of the molecule is CC1(C)C(C(=O)OC(C#N)c2cccc(Oc3ccccc3)c2)C1(C)C.CCOc1ccc(C(C)(C)COCc2cccc(Oc3ccccc3)c2)cc1. The summed E-state index contributed by atoms with van der Waals surface area (Å²) in [6.07, 6.45) is -0.950. The van der Waals surface area contributed by atoms with Crippen molar-refractivity contribution >= 4 is 5.97 Å². The Morgan fingerprint density at radius 1 is 0.704 bits per heavy atom. The van der Waals surface area contributed by atoms with E-state index in [2.05, 4.69) is 65.8 Å². The number of esters is 1. The molecule has 0 saturated heterocycles. The number of benzene rings is 5. The van der Waals surface area contributed by atoms with Gasteiger partial charge in [0.05, 0.1) is 25.7 Å². The van der Waals surface area contributed by atoms with E-state index in [-0.39, 0.29) is 28.1 Å². The fourth-order valence-electron chi connectivity index (χ4n) is 6.50. The summed E-state index contributed by atoms with van der Waals surface area (Å²) >= 11 is 0. The van der Waals surface area contributed by atoms with E-state index in [1.165, 1.54) is 5.56 Å². The molecule has 0 radical (unpaired) electrons. The second-order valence-electron chi connectivity index (χ2n) is 15.2. The van der Waals surface area contributed by atoms with E-state index in [0.717, 1.165) is 22.8 Å². The molecule has 0 heterocycles. The van der Waals surface area contributed by atoms with E-state index in [1.807, 2.05) is 97.9 Å². The third-order valence-electron chi connectivity index (χ3n) is 10.3. The van der Waals surface area contributed by atoms with Crippen molar-refractivity contribution in [3.05, 3.63) is 150 Å². The Kier molecular flexibility index (Phi) is 12.8. The lowest BCUT2D eigenvalue weighted by Crippen LogP contribution is -2.24. The molecule has 1 aliphatic rings. The number of rotatable bonds is 14. The largest absolute Gasteiger partial charge is 0.494 e. The summed E-state index contributed by atoms with van der Waals surface area (Å²) in [7, 11) is 0. The first-order valence-electron chi connectivity index (χ1n) is 18.4. The van der Waals surface area contributed by atoms with Gasteiger partial charge in [0.1, 0.15) is 34.8 Å². The number of para-hydroxylation sites is 2. The third kappa shape index (κ3) is 10.1. The molecule has 0 amide bonds. The van der Waals surface area contributed by atoms with E-state index in [0.29, 0.717) is 36.9 Å². The first-order valence-corrected chi connectivity index (χ1v) is 18.4. The van der Waals surface area contributed by atoms with Crippen LogP contribution in [0.5, 0.6) is 28.7 Å². The zero-order chi connectivity index (χ0) is 38.8. The van der Waals surface area contributed by atoms with Gasteiger partial charge in [0.15, 0.2) is 0 Å². The van der Waals surface area contributed by atoms with Crippen LogP contribution in [-0.2, 0) is 26.3 Å². The maximum atomic E-state index is 12.6. The van der Waals surface area contributed by atoms with Crippen molar-refractivity contribution in [1.82, 2.24) is 0 Å². The average Bonchev–Trinajstić information content (AvgIpc) is 3.59. The number of carbonyl (C=O) groups is 1. The summed E-state index contributed by atoms with van der Waals surface area (Å²) in [5.74, 6) is 3.33. The molecule has 5 aromatic rings.